The van der Waals surface area contributed by atoms with E-state index in [1.54, 1.807) is 13.8 Å². The first-order chi connectivity index (χ1) is 14.7. The number of carbonyl (C=O) groups excluding carboxylic acids is 2. The van der Waals surface area contributed by atoms with Crippen LogP contribution < -0.4 is 0 Å². The van der Waals surface area contributed by atoms with E-state index < -0.39 is 46.0 Å². The fourth-order valence-corrected chi connectivity index (χ4v) is 4.75. The van der Waals surface area contributed by atoms with Crippen molar-refractivity contribution in [2.75, 3.05) is 13.7 Å². The van der Waals surface area contributed by atoms with Crippen LogP contribution in [0.2, 0.25) is 0 Å². The molecule has 0 radical (unpaired) electrons. The Balaban J connectivity index is 1.86. The quantitative estimate of drug-likeness (QED) is 0.522. The zero-order valence-electron chi connectivity index (χ0n) is 18.4. The van der Waals surface area contributed by atoms with Crippen LogP contribution in [-0.4, -0.2) is 54.1 Å². The molecule has 1 aliphatic heterocycles. The number of ether oxygens (including phenoxy) is 3. The minimum absolute atomic E-state index is 0.00641. The smallest absolute Gasteiger partial charge is 0.432 e. The van der Waals surface area contributed by atoms with Gasteiger partial charge in [-0.2, -0.15) is 13.2 Å². The number of hydrogen-bond donors (Lipinski definition) is 1. The molecule has 1 saturated heterocycles. The van der Waals surface area contributed by atoms with Gasteiger partial charge in [-0.05, 0) is 26.0 Å². The first-order valence-corrected chi connectivity index (χ1v) is 10.2. The highest BCUT2D eigenvalue weighted by molar-refractivity contribution is 5.83. The Hall–Kier alpha value is -2.23. The van der Waals surface area contributed by atoms with Gasteiger partial charge in [0.1, 0.15) is 23.1 Å². The fraction of sp³-hybridized carbons (Fsp3) is 0.565. The van der Waals surface area contributed by atoms with Crippen LogP contribution in [0.3, 0.4) is 0 Å². The largest absolute Gasteiger partial charge is 0.456 e. The predicted octanol–water partition coefficient (Wildman–Crippen LogP) is 3.47. The van der Waals surface area contributed by atoms with Crippen LogP contribution in [0.4, 0.5) is 13.2 Å². The molecule has 0 aromatic heterocycles. The highest BCUT2D eigenvalue weighted by atomic mass is 19.4. The van der Waals surface area contributed by atoms with Crippen LogP contribution in [0.25, 0.3) is 0 Å². The van der Waals surface area contributed by atoms with Crippen molar-refractivity contribution in [1.29, 1.82) is 0 Å². The van der Waals surface area contributed by atoms with Crippen molar-refractivity contribution >= 4 is 11.8 Å². The van der Waals surface area contributed by atoms with Crippen LogP contribution in [0.5, 0.6) is 0 Å². The lowest BCUT2D eigenvalue weighted by atomic mass is 9.59. The summed E-state index contributed by atoms with van der Waals surface area (Å²) in [4.78, 5) is 24.8. The first kappa shape index (κ1) is 24.4. The molecule has 9 heteroatoms. The number of fused-ring (bicyclic) bond motifs is 2. The highest BCUT2D eigenvalue weighted by Gasteiger charge is 2.67. The minimum atomic E-state index is -5.08. The van der Waals surface area contributed by atoms with E-state index in [-0.39, 0.29) is 25.2 Å². The Morgan fingerprint density at radius 3 is 2.38 bits per heavy atom. The lowest BCUT2D eigenvalue weighted by Crippen LogP contribution is -2.60. The van der Waals surface area contributed by atoms with Crippen molar-refractivity contribution in [3.05, 3.63) is 48.0 Å². The number of carbonyl (C=O) groups is 2. The summed E-state index contributed by atoms with van der Waals surface area (Å²) >= 11 is 0. The number of Topliss-reactive ketones (excluding diaryl/α,β-unsaturated/α-hetero) is 1. The molecule has 2 fully saturated rings. The normalized spacial score (nSPS) is 33.2. The summed E-state index contributed by atoms with van der Waals surface area (Å²) in [6, 6.07) is 6.52. The van der Waals surface area contributed by atoms with Gasteiger partial charge in [0.25, 0.3) is 5.60 Å². The number of aliphatic hydroxyl groups is 1. The van der Waals surface area contributed by atoms with E-state index in [9.17, 15) is 27.9 Å². The van der Waals surface area contributed by atoms with Crippen LogP contribution >= 0.6 is 0 Å². The number of ketones is 1. The third-order valence-corrected chi connectivity index (χ3v) is 6.63. The summed E-state index contributed by atoms with van der Waals surface area (Å²) in [5.74, 6) is -1.67. The number of benzene rings is 1. The van der Waals surface area contributed by atoms with E-state index in [0.717, 1.165) is 19.2 Å². The topological polar surface area (TPSA) is 82.1 Å². The zero-order valence-corrected chi connectivity index (χ0v) is 18.4. The Labute approximate surface area is 184 Å². The van der Waals surface area contributed by atoms with Crippen molar-refractivity contribution in [2.45, 2.75) is 62.7 Å². The molecule has 1 aliphatic carbocycles. The van der Waals surface area contributed by atoms with Crippen LogP contribution in [0.15, 0.2) is 42.5 Å². The van der Waals surface area contributed by atoms with Crippen LogP contribution in [0.1, 0.15) is 39.2 Å². The molecule has 0 spiro atoms. The minimum Gasteiger partial charge on any atom is -0.456 e. The highest BCUT2D eigenvalue weighted by Crippen LogP contribution is 2.56. The number of alkyl halides is 3. The first-order valence-electron chi connectivity index (χ1n) is 10.2. The molecular formula is C23H27F3O6. The molecule has 1 heterocycles. The Morgan fingerprint density at radius 2 is 1.84 bits per heavy atom. The van der Waals surface area contributed by atoms with E-state index in [4.69, 9.17) is 14.2 Å². The van der Waals surface area contributed by atoms with Gasteiger partial charge in [0.15, 0.2) is 0 Å². The molecule has 1 aromatic carbocycles. The summed E-state index contributed by atoms with van der Waals surface area (Å²) in [6.45, 7) is 4.86. The molecule has 3 rings (SSSR count). The summed E-state index contributed by atoms with van der Waals surface area (Å²) in [7, 11) is 0.792. The average molecular weight is 456 g/mol. The molecule has 32 heavy (non-hydrogen) atoms. The van der Waals surface area contributed by atoms with Gasteiger partial charge >= 0.3 is 12.1 Å². The van der Waals surface area contributed by atoms with Gasteiger partial charge in [0, 0.05) is 30.9 Å². The third kappa shape index (κ3) is 3.56. The van der Waals surface area contributed by atoms with Gasteiger partial charge in [0.05, 0.1) is 6.61 Å². The molecular weight excluding hydrogens is 429 g/mol. The van der Waals surface area contributed by atoms with Gasteiger partial charge in [-0.15, -0.1) is 0 Å². The number of halogens is 3. The van der Waals surface area contributed by atoms with Gasteiger partial charge in [0.2, 0.25) is 0 Å². The van der Waals surface area contributed by atoms with Gasteiger partial charge in [-0.1, -0.05) is 37.3 Å². The Kier molecular flexibility index (Phi) is 6.08. The molecule has 1 aromatic rings. The van der Waals surface area contributed by atoms with Crippen molar-refractivity contribution in [1.82, 2.24) is 0 Å². The van der Waals surface area contributed by atoms with Gasteiger partial charge in [-0.25, -0.2) is 4.79 Å². The maximum absolute atomic E-state index is 14.0. The third-order valence-electron chi connectivity index (χ3n) is 6.63. The fourth-order valence-electron chi connectivity index (χ4n) is 4.75. The molecule has 1 N–H and O–H groups in total. The van der Waals surface area contributed by atoms with E-state index in [0.29, 0.717) is 0 Å². The Morgan fingerprint density at radius 1 is 1.22 bits per heavy atom. The standard InChI is InChI=1S/C23H27F3O6/c1-15(10-11-21(29)19(2)12-17(27)13-20(21,3)31-14-19)32-18(28)22(30-4,23(24,25)26)16-8-6-5-7-9-16/h5-11,15,29H,12-14H2,1-4H3/b11-10+/t15-,19+,20+,21+,22-/m0/s1. The lowest BCUT2D eigenvalue weighted by molar-refractivity contribution is -0.277. The van der Waals surface area contributed by atoms with Crippen molar-refractivity contribution < 1.29 is 42.1 Å². The molecule has 176 valence electrons. The molecule has 1 saturated carbocycles. The monoisotopic (exact) mass is 456 g/mol. The maximum atomic E-state index is 14.0. The molecule has 6 nitrogen and oxygen atoms in total. The van der Waals surface area contributed by atoms with Crippen molar-refractivity contribution in [2.24, 2.45) is 5.41 Å². The second-order valence-corrected chi connectivity index (χ2v) is 8.96. The zero-order chi connectivity index (χ0) is 24.0. The molecule has 2 bridgehead atoms. The maximum Gasteiger partial charge on any atom is 0.432 e. The number of methoxy groups -OCH3 is 1. The van der Waals surface area contributed by atoms with E-state index in [1.807, 2.05) is 0 Å². The second kappa shape index (κ2) is 7.97. The van der Waals surface area contributed by atoms with E-state index >= 15 is 0 Å². The van der Waals surface area contributed by atoms with Gasteiger partial charge in [-0.3, -0.25) is 4.79 Å². The summed E-state index contributed by atoms with van der Waals surface area (Å²) in [6.07, 6.45) is -3.43. The molecule has 5 atom stereocenters. The lowest BCUT2D eigenvalue weighted by Gasteiger charge is -2.47. The SMILES string of the molecule is CO[C@](C(=O)O[C@@H](C)/C=C/[C@@]1(O)[C@@]2(C)CO[C@]1(C)CC(=O)C2)(c1ccccc1)C(F)(F)F. The molecule has 0 amide bonds. The molecule has 0 unspecified atom stereocenters. The summed E-state index contributed by atoms with van der Waals surface area (Å²) in [5, 5.41) is 11.4. The van der Waals surface area contributed by atoms with Crippen LogP contribution in [0, 0.1) is 5.41 Å². The predicted molar refractivity (Wildman–Crippen MR) is 108 cm³/mol. The number of hydrogen-bond acceptors (Lipinski definition) is 6. The second-order valence-electron chi connectivity index (χ2n) is 8.96. The van der Waals surface area contributed by atoms with Crippen LogP contribution in [-0.2, 0) is 29.4 Å². The summed E-state index contributed by atoms with van der Waals surface area (Å²) < 4.78 is 57.6. The van der Waals surface area contributed by atoms with E-state index in [1.165, 1.54) is 37.3 Å². The summed E-state index contributed by atoms with van der Waals surface area (Å²) in [5.41, 5.74) is -7.35. The Bertz CT molecular complexity index is 892. The van der Waals surface area contributed by atoms with Crippen molar-refractivity contribution in [3.8, 4) is 0 Å². The number of rotatable bonds is 6. The number of esters is 1. The van der Waals surface area contributed by atoms with Gasteiger partial charge < -0.3 is 19.3 Å². The van der Waals surface area contributed by atoms with E-state index in [2.05, 4.69) is 0 Å². The molecule has 2 aliphatic rings. The van der Waals surface area contributed by atoms with Crippen molar-refractivity contribution in [3.63, 3.8) is 0 Å². The average Bonchev–Trinajstić information content (AvgIpc) is 2.80.